The quantitative estimate of drug-likeness (QED) is 0.645. The molecule has 2 aromatic heterocycles. The first kappa shape index (κ1) is 12.4. The fourth-order valence-corrected chi connectivity index (χ4v) is 4.01. The molecule has 0 saturated heterocycles. The normalized spacial score (nSPS) is 20.5. The van der Waals surface area contributed by atoms with E-state index in [-0.39, 0.29) is 12.0 Å². The van der Waals surface area contributed by atoms with E-state index in [1.54, 1.807) is 0 Å². The Kier molecular flexibility index (Phi) is 2.47. The van der Waals surface area contributed by atoms with Crippen LogP contribution in [0, 0.1) is 5.95 Å². The second kappa shape index (κ2) is 4.40. The van der Waals surface area contributed by atoms with Crippen molar-refractivity contribution in [2.24, 2.45) is 0 Å². The number of fused-ring (bicyclic) bond motifs is 6. The first-order valence-electron chi connectivity index (χ1n) is 7.77. The van der Waals surface area contributed by atoms with Gasteiger partial charge in [0, 0.05) is 29.7 Å². The zero-order chi connectivity index (χ0) is 14.7. The lowest BCUT2D eigenvalue weighted by molar-refractivity contribution is 0.154. The Morgan fingerprint density at radius 1 is 1.18 bits per heavy atom. The molecule has 22 heavy (non-hydrogen) atoms. The van der Waals surface area contributed by atoms with E-state index in [4.69, 9.17) is 0 Å². The molecule has 2 aliphatic heterocycles. The molecule has 1 N–H and O–H groups in total. The third kappa shape index (κ3) is 1.67. The highest BCUT2D eigenvalue weighted by molar-refractivity contribution is 5.85. The van der Waals surface area contributed by atoms with Crippen LogP contribution in [0.15, 0.2) is 36.4 Å². The summed E-state index contributed by atoms with van der Waals surface area (Å²) in [6, 6.07) is 12.0. The molecule has 0 saturated carbocycles. The summed E-state index contributed by atoms with van der Waals surface area (Å²) < 4.78 is 13.6. The third-order valence-corrected chi connectivity index (χ3v) is 5.06. The smallest absolute Gasteiger partial charge is 0.213 e. The Balaban J connectivity index is 1.66. The van der Waals surface area contributed by atoms with Crippen LogP contribution in [0.1, 0.15) is 28.6 Å². The highest BCUT2D eigenvalue weighted by Crippen LogP contribution is 2.39. The van der Waals surface area contributed by atoms with Gasteiger partial charge in [0.25, 0.3) is 0 Å². The number of aromatic amines is 1. The Bertz CT molecular complexity index is 883. The number of benzene rings is 1. The van der Waals surface area contributed by atoms with Gasteiger partial charge in [-0.3, -0.25) is 4.90 Å². The number of pyridine rings is 1. The van der Waals surface area contributed by atoms with Crippen molar-refractivity contribution in [1.29, 1.82) is 0 Å². The maximum absolute atomic E-state index is 13.6. The third-order valence-electron chi connectivity index (χ3n) is 5.06. The lowest BCUT2D eigenvalue weighted by Crippen LogP contribution is -2.40. The van der Waals surface area contributed by atoms with Gasteiger partial charge in [-0.1, -0.05) is 24.3 Å². The minimum absolute atomic E-state index is 0.200. The second-order valence-electron chi connectivity index (χ2n) is 6.25. The minimum atomic E-state index is -0.370. The van der Waals surface area contributed by atoms with Crippen LogP contribution >= 0.6 is 0 Å². The number of hydrogen-bond acceptors (Lipinski definition) is 2. The second-order valence-corrected chi connectivity index (χ2v) is 6.25. The molecule has 0 bridgehead atoms. The average Bonchev–Trinajstić information content (AvgIpc) is 2.90. The molecule has 2 aliphatic rings. The zero-order valence-electron chi connectivity index (χ0n) is 12.1. The lowest BCUT2D eigenvalue weighted by atomic mass is 9.88. The van der Waals surface area contributed by atoms with Crippen LogP contribution in [0.25, 0.3) is 10.9 Å². The molecule has 3 aromatic rings. The van der Waals surface area contributed by atoms with Crippen molar-refractivity contribution in [1.82, 2.24) is 14.9 Å². The maximum Gasteiger partial charge on any atom is 0.213 e. The summed E-state index contributed by atoms with van der Waals surface area (Å²) in [6.07, 6.45) is 1.86. The molecule has 0 spiro atoms. The van der Waals surface area contributed by atoms with E-state index >= 15 is 0 Å². The zero-order valence-corrected chi connectivity index (χ0v) is 12.1. The summed E-state index contributed by atoms with van der Waals surface area (Å²) in [5, 5.41) is 1.29. The fraction of sp³-hybridized carbons (Fsp3) is 0.278. The van der Waals surface area contributed by atoms with Crippen LogP contribution in [0.3, 0.4) is 0 Å². The van der Waals surface area contributed by atoms with E-state index < -0.39 is 0 Å². The van der Waals surface area contributed by atoms with Gasteiger partial charge in [-0.05, 0) is 36.1 Å². The topological polar surface area (TPSA) is 31.9 Å². The van der Waals surface area contributed by atoms with Gasteiger partial charge >= 0.3 is 0 Å². The van der Waals surface area contributed by atoms with E-state index in [2.05, 4.69) is 39.1 Å². The van der Waals surface area contributed by atoms with Crippen LogP contribution in [-0.2, 0) is 19.4 Å². The van der Waals surface area contributed by atoms with Gasteiger partial charge in [0.1, 0.15) is 0 Å². The predicted octanol–water partition coefficient (Wildman–Crippen LogP) is 3.36. The van der Waals surface area contributed by atoms with Gasteiger partial charge in [-0.25, -0.2) is 4.98 Å². The predicted molar refractivity (Wildman–Crippen MR) is 83.1 cm³/mol. The van der Waals surface area contributed by atoms with E-state index in [0.717, 1.165) is 31.6 Å². The average molecular weight is 293 g/mol. The van der Waals surface area contributed by atoms with Crippen LogP contribution in [0.2, 0.25) is 0 Å². The van der Waals surface area contributed by atoms with Gasteiger partial charge < -0.3 is 4.98 Å². The fourth-order valence-electron chi connectivity index (χ4n) is 4.01. The Labute approximate surface area is 127 Å². The molecule has 110 valence electrons. The van der Waals surface area contributed by atoms with Crippen molar-refractivity contribution in [2.45, 2.75) is 25.4 Å². The van der Waals surface area contributed by atoms with Crippen molar-refractivity contribution in [3.05, 3.63) is 64.9 Å². The Morgan fingerprint density at radius 3 is 3.05 bits per heavy atom. The van der Waals surface area contributed by atoms with Gasteiger partial charge in [0.05, 0.1) is 11.7 Å². The van der Waals surface area contributed by atoms with Crippen LogP contribution in [-0.4, -0.2) is 21.4 Å². The van der Waals surface area contributed by atoms with Gasteiger partial charge in [-0.2, -0.15) is 4.39 Å². The summed E-state index contributed by atoms with van der Waals surface area (Å²) in [5.74, 6) is -0.370. The van der Waals surface area contributed by atoms with Gasteiger partial charge in [-0.15, -0.1) is 0 Å². The molecule has 3 nitrogen and oxygen atoms in total. The van der Waals surface area contributed by atoms with E-state index in [0.29, 0.717) is 0 Å². The van der Waals surface area contributed by atoms with Crippen molar-refractivity contribution >= 4 is 10.9 Å². The summed E-state index contributed by atoms with van der Waals surface area (Å²) in [5.41, 5.74) is 6.00. The van der Waals surface area contributed by atoms with Crippen molar-refractivity contribution in [2.75, 3.05) is 6.54 Å². The number of nitrogens with one attached hydrogen (secondary N) is 1. The highest BCUT2D eigenvalue weighted by atomic mass is 19.1. The van der Waals surface area contributed by atoms with Gasteiger partial charge in [0.15, 0.2) is 0 Å². The monoisotopic (exact) mass is 293 g/mol. The largest absolute Gasteiger partial charge is 0.357 e. The minimum Gasteiger partial charge on any atom is -0.357 e. The van der Waals surface area contributed by atoms with E-state index in [9.17, 15) is 4.39 Å². The van der Waals surface area contributed by atoms with Crippen LogP contribution in [0.5, 0.6) is 0 Å². The van der Waals surface area contributed by atoms with E-state index in [1.807, 2.05) is 6.07 Å². The highest BCUT2D eigenvalue weighted by Gasteiger charge is 2.34. The number of H-pyrrole nitrogens is 1. The summed E-state index contributed by atoms with van der Waals surface area (Å²) in [7, 11) is 0. The summed E-state index contributed by atoms with van der Waals surface area (Å²) in [4.78, 5) is 10.2. The first-order chi connectivity index (χ1) is 10.8. The molecule has 0 amide bonds. The Hall–Kier alpha value is -2.20. The first-order valence-corrected chi connectivity index (χ1v) is 7.77. The summed E-state index contributed by atoms with van der Waals surface area (Å²) >= 11 is 0. The SMILES string of the molecule is Fc1ccc2c(n1)[C@@H]1Cc3c([nH]c4ccccc34)CN1CC2. The molecule has 0 aliphatic carbocycles. The van der Waals surface area contributed by atoms with Crippen LogP contribution in [0.4, 0.5) is 4.39 Å². The van der Waals surface area contributed by atoms with E-state index in [1.165, 1.54) is 33.8 Å². The molecule has 0 radical (unpaired) electrons. The molecule has 1 atom stereocenters. The number of para-hydroxylation sites is 1. The molecule has 5 rings (SSSR count). The summed E-state index contributed by atoms with van der Waals surface area (Å²) in [6.45, 7) is 1.91. The van der Waals surface area contributed by atoms with Crippen molar-refractivity contribution < 1.29 is 4.39 Å². The molecular weight excluding hydrogens is 277 g/mol. The van der Waals surface area contributed by atoms with Crippen molar-refractivity contribution in [3.8, 4) is 0 Å². The van der Waals surface area contributed by atoms with Gasteiger partial charge in [0.2, 0.25) is 5.95 Å². The maximum atomic E-state index is 13.6. The number of aromatic nitrogens is 2. The number of rotatable bonds is 0. The lowest BCUT2D eigenvalue weighted by Gasteiger charge is -2.39. The number of nitrogens with zero attached hydrogens (tertiary/aromatic N) is 2. The van der Waals surface area contributed by atoms with Crippen LogP contribution < -0.4 is 0 Å². The standard InChI is InChI=1S/C18H16FN3/c19-17-6-5-11-7-8-22-10-15-13(9-16(22)18(11)21-17)12-3-1-2-4-14(12)20-15/h1-6,16,20H,7-10H2/t16-/m0/s1. The van der Waals surface area contributed by atoms with Crippen molar-refractivity contribution in [3.63, 3.8) is 0 Å². The number of halogens is 1. The molecular formula is C18H16FN3. The molecule has 0 unspecified atom stereocenters. The molecule has 4 heterocycles. The molecule has 1 aromatic carbocycles. The molecule has 0 fully saturated rings. The molecule has 4 heteroatoms. The number of hydrogen-bond donors (Lipinski definition) is 1. The Morgan fingerprint density at radius 2 is 2.09 bits per heavy atom.